The molecule has 0 saturated carbocycles. The van der Waals surface area contributed by atoms with Gasteiger partial charge in [-0.05, 0) is 183 Å². The number of nitrogens with zero attached hydrogens (tertiary/aromatic N) is 1. The summed E-state index contributed by atoms with van der Waals surface area (Å²) < 4.78 is 2.29. The smallest absolute Gasteiger partial charge is 0.0489 e. The summed E-state index contributed by atoms with van der Waals surface area (Å²) in [5.74, 6) is 3.59. The van der Waals surface area contributed by atoms with Crippen LogP contribution < -0.4 is 0 Å². The van der Waals surface area contributed by atoms with E-state index in [9.17, 15) is 0 Å². The molecule has 7 heteroatoms. The van der Waals surface area contributed by atoms with E-state index < -0.39 is 0 Å². The Labute approximate surface area is 499 Å². The van der Waals surface area contributed by atoms with Crippen LogP contribution >= 0.6 is 0 Å². The molecule has 14 aromatic rings. The lowest BCUT2D eigenvalue weighted by molar-refractivity contribution is 0.623. The van der Waals surface area contributed by atoms with Crippen molar-refractivity contribution in [3.8, 4) is 0 Å². The first-order valence-corrected chi connectivity index (χ1v) is 30.4. The first-order valence-electron chi connectivity index (χ1n) is 30.4. The molecule has 7 nitrogen and oxygen atoms in total. The molecule has 0 aliphatic carbocycles. The van der Waals surface area contributed by atoms with Gasteiger partial charge < -0.3 is 34.5 Å². The Kier molecular flexibility index (Phi) is 21.2. The number of H-pyrrole nitrogens is 6. The molecule has 0 amide bonds. The van der Waals surface area contributed by atoms with Gasteiger partial charge in [0.25, 0.3) is 0 Å². The van der Waals surface area contributed by atoms with E-state index in [2.05, 4.69) is 326 Å². The third-order valence-electron chi connectivity index (χ3n) is 15.6. The molecule has 0 radical (unpaired) electrons. The summed E-state index contributed by atoms with van der Waals surface area (Å²) in [5.41, 5.74) is 17.1. The zero-order valence-electron chi connectivity index (χ0n) is 52.3. The molecule has 84 heavy (non-hydrogen) atoms. The molecule has 0 aliphatic heterocycles. The van der Waals surface area contributed by atoms with Crippen LogP contribution in [0.3, 0.4) is 0 Å². The molecular formula is C77H91N7. The average molecular weight is 1110 g/mol. The Bertz CT molecular complexity index is 3920. The zero-order chi connectivity index (χ0) is 59.9. The largest absolute Gasteiger partial charge is 0.361 e. The van der Waals surface area contributed by atoms with Crippen molar-refractivity contribution in [3.63, 3.8) is 0 Å². The molecule has 0 bridgehead atoms. The molecule has 7 aromatic heterocycles. The number of rotatable bonds is 7. The van der Waals surface area contributed by atoms with E-state index >= 15 is 0 Å². The van der Waals surface area contributed by atoms with Crippen LogP contribution in [0.1, 0.15) is 172 Å². The lowest BCUT2D eigenvalue weighted by Gasteiger charge is -2.08. The summed E-state index contributed by atoms with van der Waals surface area (Å²) in [4.78, 5) is 19.5. The van der Waals surface area contributed by atoms with Crippen LogP contribution in [0.5, 0.6) is 0 Å². The number of hydrogen-bond donors (Lipinski definition) is 6. The minimum Gasteiger partial charge on any atom is -0.361 e. The lowest BCUT2D eigenvalue weighted by atomic mass is 10.00. The maximum Gasteiger partial charge on any atom is 0.0489 e. The first-order chi connectivity index (χ1) is 40.5. The Hall–Kier alpha value is -8.68. The van der Waals surface area contributed by atoms with Gasteiger partial charge in [-0.15, -0.1) is 0 Å². The minimum atomic E-state index is 0.546. The van der Waals surface area contributed by atoms with Crippen LogP contribution in [0.15, 0.2) is 219 Å². The number of aromatic nitrogens is 7. The van der Waals surface area contributed by atoms with E-state index in [0.717, 1.165) is 0 Å². The molecule has 7 heterocycles. The molecule has 0 aliphatic rings. The SMILES string of the molecule is CC(C)c1c[nH]c2ccccc12.CC(C)c1cc2ccccc2[nH]1.CC(C)c1ccc2[nH]ccc2c1.CC(C)c1ccc2cc[nH]c2c1.CC(C)c1cccc2[nH]ccc12.CC(C)c1cccc2cc[nH]c12.CC(C)n1ccc2ccccc21. The molecule has 0 spiro atoms. The van der Waals surface area contributed by atoms with Gasteiger partial charge in [0.1, 0.15) is 0 Å². The van der Waals surface area contributed by atoms with Crippen molar-refractivity contribution >= 4 is 76.3 Å². The van der Waals surface area contributed by atoms with E-state index in [-0.39, 0.29) is 0 Å². The summed E-state index contributed by atoms with van der Waals surface area (Å²) >= 11 is 0. The van der Waals surface area contributed by atoms with Gasteiger partial charge in [-0.3, -0.25) is 0 Å². The molecule has 7 aromatic carbocycles. The van der Waals surface area contributed by atoms with Gasteiger partial charge in [-0.25, -0.2) is 0 Å². The number of hydrogen-bond acceptors (Lipinski definition) is 0. The van der Waals surface area contributed by atoms with Crippen molar-refractivity contribution in [2.75, 3.05) is 0 Å². The van der Waals surface area contributed by atoms with E-state index in [0.29, 0.717) is 41.5 Å². The fourth-order valence-corrected chi connectivity index (χ4v) is 10.6. The van der Waals surface area contributed by atoms with Gasteiger partial charge in [-0.2, -0.15) is 0 Å². The number of aromatic amines is 6. The van der Waals surface area contributed by atoms with Crippen LogP contribution in [0.2, 0.25) is 0 Å². The van der Waals surface area contributed by atoms with Gasteiger partial charge in [0.2, 0.25) is 0 Å². The number of para-hydroxylation sites is 4. The summed E-state index contributed by atoms with van der Waals surface area (Å²) in [6.45, 7) is 31.0. The van der Waals surface area contributed by atoms with Crippen LogP contribution in [-0.2, 0) is 0 Å². The lowest BCUT2D eigenvalue weighted by Crippen LogP contribution is -1.97. The van der Waals surface area contributed by atoms with Crippen molar-refractivity contribution in [3.05, 3.63) is 253 Å². The Morgan fingerprint density at radius 2 is 0.833 bits per heavy atom. The van der Waals surface area contributed by atoms with Crippen molar-refractivity contribution in [2.45, 2.75) is 138 Å². The Morgan fingerprint density at radius 3 is 1.54 bits per heavy atom. The van der Waals surface area contributed by atoms with E-state index in [1.54, 1.807) is 0 Å². The normalized spacial score (nSPS) is 11.2. The predicted molar refractivity (Wildman–Crippen MR) is 367 cm³/mol. The van der Waals surface area contributed by atoms with Gasteiger partial charge in [0, 0.05) is 98.3 Å². The Balaban J connectivity index is 0.000000128. The number of benzene rings is 7. The van der Waals surface area contributed by atoms with E-state index in [1.165, 1.54) is 110 Å². The number of fused-ring (bicyclic) bond motifs is 7. The molecule has 6 N–H and O–H groups in total. The van der Waals surface area contributed by atoms with Crippen molar-refractivity contribution in [2.24, 2.45) is 0 Å². The highest BCUT2D eigenvalue weighted by Crippen LogP contribution is 2.28. The highest BCUT2D eigenvalue weighted by atomic mass is 15.0. The second-order valence-corrected chi connectivity index (χ2v) is 24.1. The highest BCUT2D eigenvalue weighted by molar-refractivity contribution is 5.86. The molecule has 14 rings (SSSR count). The third-order valence-corrected chi connectivity index (χ3v) is 15.6. The minimum absolute atomic E-state index is 0.546. The molecular weight excluding hydrogens is 1020 g/mol. The van der Waals surface area contributed by atoms with Crippen LogP contribution in [0.25, 0.3) is 76.3 Å². The maximum atomic E-state index is 3.40. The van der Waals surface area contributed by atoms with Crippen LogP contribution in [-0.4, -0.2) is 34.5 Å². The van der Waals surface area contributed by atoms with Gasteiger partial charge >= 0.3 is 0 Å². The molecule has 0 fully saturated rings. The van der Waals surface area contributed by atoms with Gasteiger partial charge in [0.05, 0.1) is 0 Å². The van der Waals surface area contributed by atoms with E-state index in [4.69, 9.17) is 0 Å². The predicted octanol–water partition coefficient (Wildman–Crippen LogP) is 23.0. The fourth-order valence-electron chi connectivity index (χ4n) is 10.6. The van der Waals surface area contributed by atoms with Crippen molar-refractivity contribution in [1.29, 1.82) is 0 Å². The fraction of sp³-hybridized carbons (Fsp3) is 0.273. The number of nitrogens with one attached hydrogen (secondary N) is 6. The van der Waals surface area contributed by atoms with Gasteiger partial charge in [-0.1, -0.05) is 186 Å². The van der Waals surface area contributed by atoms with Crippen molar-refractivity contribution < 1.29 is 0 Å². The monoisotopic (exact) mass is 1110 g/mol. The summed E-state index contributed by atoms with van der Waals surface area (Å²) in [7, 11) is 0. The maximum absolute atomic E-state index is 3.40. The van der Waals surface area contributed by atoms with Crippen LogP contribution in [0.4, 0.5) is 0 Å². The van der Waals surface area contributed by atoms with Crippen molar-refractivity contribution in [1.82, 2.24) is 34.5 Å². The zero-order valence-corrected chi connectivity index (χ0v) is 52.3. The molecule has 0 unspecified atom stereocenters. The summed E-state index contributed by atoms with van der Waals surface area (Å²) in [6, 6.07) is 64.7. The standard InChI is InChI=1S/7C11H13N/c1-8(2)9-3-4-11-10(7-9)5-6-12-11;1-8(2)10-4-3-9-5-6-12-11(9)7-10;1-8(2)9-4-3-5-11-10(9)6-7-12-11;1-8(2)10-5-3-4-9-6-7-12-11(9)10;1-9(2)12-8-7-10-5-3-4-6-11(10)12;1-8(2)10-7-12-11-6-4-3-5-9(10)11;1-8(2)11-7-9-5-3-4-6-10(9)12-11/h4*3-8,12H,1-2H3;3-9H,1-2H3;2*3-8,12H,1-2H3. The topological polar surface area (TPSA) is 99.7 Å². The highest BCUT2D eigenvalue weighted by Gasteiger charge is 2.09. The molecule has 434 valence electrons. The van der Waals surface area contributed by atoms with Crippen LogP contribution in [0, 0.1) is 0 Å². The Morgan fingerprint density at radius 1 is 0.310 bits per heavy atom. The third kappa shape index (κ3) is 15.7. The molecule has 0 saturated heterocycles. The summed E-state index contributed by atoms with van der Waals surface area (Å²) in [5, 5.41) is 9.24. The second-order valence-electron chi connectivity index (χ2n) is 24.1. The molecule has 0 atom stereocenters. The van der Waals surface area contributed by atoms with Gasteiger partial charge in [0.15, 0.2) is 0 Å². The quantitative estimate of drug-likeness (QED) is 0.0917. The average Bonchev–Trinajstić information content (AvgIpc) is 4.37. The second kappa shape index (κ2) is 29.0. The van der Waals surface area contributed by atoms with E-state index in [1.807, 2.05) is 24.8 Å². The first kappa shape index (κ1) is 61.4. The summed E-state index contributed by atoms with van der Waals surface area (Å²) in [6.07, 6.45) is 12.2.